The second-order valence-corrected chi connectivity index (χ2v) is 6.49. The number of thioether (sulfide) groups is 1. The number of aromatic amines is 1. The van der Waals surface area contributed by atoms with Gasteiger partial charge in [0.15, 0.2) is 11.0 Å². The van der Waals surface area contributed by atoms with E-state index in [9.17, 15) is 4.39 Å². The number of ether oxygens (including phenoxy) is 1. The molecule has 0 radical (unpaired) electrons. The Labute approximate surface area is 142 Å². The fourth-order valence-electron chi connectivity index (χ4n) is 2.72. The molecule has 1 saturated heterocycles. The number of para-hydroxylation sites is 1. The molecule has 0 unspecified atom stereocenters. The van der Waals surface area contributed by atoms with E-state index < -0.39 is 0 Å². The predicted molar refractivity (Wildman–Crippen MR) is 89.6 cm³/mol. The number of halogens is 1. The maximum absolute atomic E-state index is 13.7. The number of anilines is 1. The number of benzene rings is 1. The molecule has 9 heteroatoms. The molecule has 1 N–H and O–H groups in total. The van der Waals surface area contributed by atoms with E-state index in [0.29, 0.717) is 30.0 Å². The fourth-order valence-corrected chi connectivity index (χ4v) is 3.50. The number of hydrogen-bond acceptors (Lipinski definition) is 6. The molecule has 0 bridgehead atoms. The van der Waals surface area contributed by atoms with Crippen molar-refractivity contribution in [1.29, 1.82) is 0 Å². The van der Waals surface area contributed by atoms with Crippen molar-refractivity contribution >= 4 is 28.7 Å². The third kappa shape index (κ3) is 2.84. The molecule has 0 aliphatic carbocycles. The van der Waals surface area contributed by atoms with Crippen LogP contribution >= 0.6 is 11.8 Å². The van der Waals surface area contributed by atoms with Gasteiger partial charge in [0.05, 0.1) is 24.5 Å². The first-order valence-corrected chi connectivity index (χ1v) is 8.69. The molecule has 7 nitrogen and oxygen atoms in total. The van der Waals surface area contributed by atoms with Crippen molar-refractivity contribution in [2.45, 2.75) is 10.9 Å². The lowest BCUT2D eigenvalue weighted by Crippen LogP contribution is -2.37. The number of aromatic nitrogens is 5. The number of fused-ring (bicyclic) bond motifs is 1. The molecule has 24 heavy (non-hydrogen) atoms. The van der Waals surface area contributed by atoms with E-state index in [2.05, 4.69) is 25.1 Å². The number of H-pyrrole nitrogens is 1. The highest BCUT2D eigenvalue weighted by Gasteiger charge is 2.19. The van der Waals surface area contributed by atoms with Crippen molar-refractivity contribution in [3.8, 4) is 0 Å². The Balaban J connectivity index is 1.49. The van der Waals surface area contributed by atoms with Crippen LogP contribution in [0.1, 0.15) is 5.82 Å². The number of nitrogens with one attached hydrogen (secondary N) is 1. The van der Waals surface area contributed by atoms with Gasteiger partial charge in [0.2, 0.25) is 5.95 Å². The van der Waals surface area contributed by atoms with Gasteiger partial charge in [-0.15, -0.1) is 10.2 Å². The molecule has 1 fully saturated rings. The first-order valence-electron chi connectivity index (χ1n) is 7.70. The summed E-state index contributed by atoms with van der Waals surface area (Å²) < 4.78 is 21.0. The fraction of sp³-hybridized carbons (Fsp3) is 0.400. The first kappa shape index (κ1) is 15.4. The Kier molecular flexibility index (Phi) is 4.11. The average Bonchev–Trinajstić information content (AvgIpc) is 3.18. The Morgan fingerprint density at radius 1 is 1.29 bits per heavy atom. The SMILES string of the molecule is Cn1c(SCc2nc3c(F)cccc3[nH]2)nnc1N1CCOCC1. The van der Waals surface area contributed by atoms with Gasteiger partial charge in [-0.3, -0.25) is 4.57 Å². The number of morpholine rings is 1. The zero-order valence-electron chi connectivity index (χ0n) is 13.2. The third-order valence-corrected chi connectivity index (χ3v) is 4.99. The van der Waals surface area contributed by atoms with Gasteiger partial charge >= 0.3 is 0 Å². The third-order valence-electron chi connectivity index (χ3n) is 3.96. The second kappa shape index (κ2) is 6.40. The maximum atomic E-state index is 13.7. The van der Waals surface area contributed by atoms with Crippen LogP contribution in [-0.2, 0) is 17.5 Å². The van der Waals surface area contributed by atoms with Gasteiger partial charge in [0, 0.05) is 20.1 Å². The van der Waals surface area contributed by atoms with Gasteiger partial charge in [-0.05, 0) is 12.1 Å². The summed E-state index contributed by atoms with van der Waals surface area (Å²) in [4.78, 5) is 9.62. The van der Waals surface area contributed by atoms with E-state index in [1.165, 1.54) is 17.8 Å². The lowest BCUT2D eigenvalue weighted by molar-refractivity contribution is 0.121. The highest BCUT2D eigenvalue weighted by molar-refractivity contribution is 7.98. The van der Waals surface area contributed by atoms with Crippen molar-refractivity contribution in [2.24, 2.45) is 7.05 Å². The lowest BCUT2D eigenvalue weighted by Gasteiger charge is -2.27. The van der Waals surface area contributed by atoms with Crippen molar-refractivity contribution in [3.63, 3.8) is 0 Å². The van der Waals surface area contributed by atoms with Crippen molar-refractivity contribution in [1.82, 2.24) is 24.7 Å². The molecular formula is C15H17FN6OS. The normalized spacial score (nSPS) is 15.3. The average molecular weight is 348 g/mol. The van der Waals surface area contributed by atoms with E-state index in [0.717, 1.165) is 30.0 Å². The summed E-state index contributed by atoms with van der Waals surface area (Å²) in [5.74, 6) is 1.82. The van der Waals surface area contributed by atoms with Crippen LogP contribution in [0.2, 0.25) is 0 Å². The number of nitrogens with zero attached hydrogens (tertiary/aromatic N) is 5. The van der Waals surface area contributed by atoms with E-state index in [-0.39, 0.29) is 5.82 Å². The van der Waals surface area contributed by atoms with Crippen LogP contribution in [0.4, 0.5) is 10.3 Å². The van der Waals surface area contributed by atoms with Gasteiger partial charge in [-0.25, -0.2) is 9.37 Å². The van der Waals surface area contributed by atoms with Crippen LogP contribution in [0.25, 0.3) is 11.0 Å². The van der Waals surface area contributed by atoms with Crippen LogP contribution in [0, 0.1) is 5.82 Å². The molecule has 4 rings (SSSR count). The smallest absolute Gasteiger partial charge is 0.227 e. The zero-order chi connectivity index (χ0) is 16.5. The number of hydrogen-bond donors (Lipinski definition) is 1. The molecule has 1 aliphatic heterocycles. The van der Waals surface area contributed by atoms with E-state index in [4.69, 9.17) is 4.74 Å². The van der Waals surface area contributed by atoms with Gasteiger partial charge in [-0.1, -0.05) is 17.8 Å². The van der Waals surface area contributed by atoms with Crippen molar-refractivity contribution in [3.05, 3.63) is 29.8 Å². The number of rotatable bonds is 4. The molecule has 0 amide bonds. The van der Waals surface area contributed by atoms with Crippen LogP contribution in [0.5, 0.6) is 0 Å². The molecule has 0 atom stereocenters. The van der Waals surface area contributed by atoms with Crippen LogP contribution in [0.15, 0.2) is 23.4 Å². The highest BCUT2D eigenvalue weighted by Crippen LogP contribution is 2.25. The summed E-state index contributed by atoms with van der Waals surface area (Å²) >= 11 is 1.52. The summed E-state index contributed by atoms with van der Waals surface area (Å²) in [7, 11) is 1.95. The van der Waals surface area contributed by atoms with Gasteiger partial charge < -0.3 is 14.6 Å². The van der Waals surface area contributed by atoms with Crippen LogP contribution in [-0.4, -0.2) is 51.0 Å². The molecule has 0 spiro atoms. The molecule has 2 aromatic heterocycles. The summed E-state index contributed by atoms with van der Waals surface area (Å²) in [6.45, 7) is 3.05. The van der Waals surface area contributed by atoms with Gasteiger partial charge in [-0.2, -0.15) is 0 Å². The molecule has 1 aliphatic rings. The molecule has 3 aromatic rings. The molecule has 3 heterocycles. The van der Waals surface area contributed by atoms with Gasteiger partial charge in [0.25, 0.3) is 0 Å². The minimum Gasteiger partial charge on any atom is -0.378 e. The van der Waals surface area contributed by atoms with E-state index >= 15 is 0 Å². The van der Waals surface area contributed by atoms with E-state index in [1.54, 1.807) is 6.07 Å². The summed E-state index contributed by atoms with van der Waals surface area (Å²) in [6.07, 6.45) is 0. The van der Waals surface area contributed by atoms with Crippen molar-refractivity contribution in [2.75, 3.05) is 31.2 Å². The Bertz CT molecular complexity index is 857. The zero-order valence-corrected chi connectivity index (χ0v) is 14.0. The summed E-state index contributed by atoms with van der Waals surface area (Å²) in [5.41, 5.74) is 1.08. The Hall–Kier alpha value is -2.13. The second-order valence-electron chi connectivity index (χ2n) is 5.55. The quantitative estimate of drug-likeness (QED) is 0.727. The van der Waals surface area contributed by atoms with Crippen LogP contribution < -0.4 is 4.90 Å². The Morgan fingerprint density at radius 2 is 2.12 bits per heavy atom. The van der Waals surface area contributed by atoms with Gasteiger partial charge in [0.1, 0.15) is 11.3 Å². The minimum atomic E-state index is -0.312. The summed E-state index contributed by atoms with van der Waals surface area (Å²) in [6, 6.07) is 4.90. The predicted octanol–water partition coefficient (Wildman–Crippen LogP) is 1.96. The number of imidazole rings is 1. The largest absolute Gasteiger partial charge is 0.378 e. The molecule has 0 saturated carbocycles. The standard InChI is InChI=1S/C15H17FN6OS/c1-21-14(22-5-7-23-8-6-22)19-20-15(21)24-9-12-17-11-4-2-3-10(16)13(11)18-12/h2-4H,5-9H2,1H3,(H,17,18). The molecule has 1 aromatic carbocycles. The summed E-state index contributed by atoms with van der Waals surface area (Å²) in [5, 5.41) is 9.34. The Morgan fingerprint density at radius 3 is 2.92 bits per heavy atom. The molecular weight excluding hydrogens is 331 g/mol. The monoisotopic (exact) mass is 348 g/mol. The topological polar surface area (TPSA) is 71.9 Å². The maximum Gasteiger partial charge on any atom is 0.227 e. The first-order chi connectivity index (χ1) is 11.7. The van der Waals surface area contributed by atoms with E-state index in [1.807, 2.05) is 17.7 Å². The van der Waals surface area contributed by atoms with Crippen molar-refractivity contribution < 1.29 is 9.13 Å². The molecule has 126 valence electrons. The lowest BCUT2D eigenvalue weighted by atomic mass is 10.3. The minimum absolute atomic E-state index is 0.312. The van der Waals surface area contributed by atoms with Crippen LogP contribution in [0.3, 0.4) is 0 Å². The highest BCUT2D eigenvalue weighted by atomic mass is 32.2.